The number of benzene rings is 2. The molecule has 0 amide bonds. The molecule has 124 valence electrons. The molecule has 0 saturated heterocycles. The van der Waals surface area contributed by atoms with Crippen LogP contribution in [0.3, 0.4) is 0 Å². The number of ether oxygens (including phenoxy) is 1. The zero-order valence-electron chi connectivity index (χ0n) is 14.2. The molecule has 0 spiro atoms. The molecule has 0 unspecified atom stereocenters. The van der Waals surface area contributed by atoms with Crippen molar-refractivity contribution in [1.29, 1.82) is 5.26 Å². The minimum atomic E-state index is 0.575. The molecule has 2 aromatic carbocycles. The van der Waals surface area contributed by atoms with E-state index in [-0.39, 0.29) is 0 Å². The van der Waals surface area contributed by atoms with Gasteiger partial charge < -0.3 is 4.74 Å². The molecule has 0 radical (unpaired) electrons. The van der Waals surface area contributed by atoms with Gasteiger partial charge in [0.05, 0.1) is 17.9 Å². The standard InChI is InChI=1S/C21H18N2OS/c1-3-24-19-10-8-17(9-11-19)20-14-25-21(23-20)18(13-22)12-16-6-4-15(2)5-7-16/h4-12,14H,3H2,1-2H3. The molecule has 4 heteroatoms. The molecule has 3 nitrogen and oxygen atoms in total. The maximum Gasteiger partial charge on any atom is 0.134 e. The molecule has 25 heavy (non-hydrogen) atoms. The molecule has 0 aliphatic rings. The van der Waals surface area contributed by atoms with Crippen LogP contribution in [0.1, 0.15) is 23.1 Å². The lowest BCUT2D eigenvalue weighted by atomic mass is 10.1. The highest BCUT2D eigenvalue weighted by atomic mass is 32.1. The summed E-state index contributed by atoms with van der Waals surface area (Å²) in [5, 5.41) is 12.2. The molecule has 0 aliphatic heterocycles. The number of aromatic nitrogens is 1. The molecular formula is C21H18N2OS. The third kappa shape index (κ3) is 4.14. The second-order valence-electron chi connectivity index (χ2n) is 5.58. The largest absolute Gasteiger partial charge is 0.494 e. The van der Waals surface area contributed by atoms with Crippen LogP contribution in [-0.2, 0) is 0 Å². The van der Waals surface area contributed by atoms with Crippen molar-refractivity contribution < 1.29 is 4.74 Å². The van der Waals surface area contributed by atoms with Gasteiger partial charge in [0, 0.05) is 10.9 Å². The van der Waals surface area contributed by atoms with E-state index in [1.165, 1.54) is 16.9 Å². The van der Waals surface area contributed by atoms with Gasteiger partial charge in [0.2, 0.25) is 0 Å². The highest BCUT2D eigenvalue weighted by Gasteiger charge is 2.09. The zero-order valence-corrected chi connectivity index (χ0v) is 15.0. The molecule has 0 fully saturated rings. The number of allylic oxidation sites excluding steroid dienone is 1. The van der Waals surface area contributed by atoms with Crippen LogP contribution in [0.5, 0.6) is 5.75 Å². The quantitative estimate of drug-likeness (QED) is 0.566. The van der Waals surface area contributed by atoms with Gasteiger partial charge in [-0.1, -0.05) is 29.8 Å². The molecule has 0 saturated carbocycles. The van der Waals surface area contributed by atoms with Crippen molar-refractivity contribution in [3.63, 3.8) is 0 Å². The van der Waals surface area contributed by atoms with Gasteiger partial charge in [0.1, 0.15) is 16.8 Å². The van der Waals surface area contributed by atoms with E-state index in [1.807, 2.05) is 73.8 Å². The summed E-state index contributed by atoms with van der Waals surface area (Å²) in [5.41, 5.74) is 4.65. The third-order valence-corrected chi connectivity index (χ3v) is 4.58. The number of nitriles is 1. The molecule has 3 aromatic rings. The second-order valence-corrected chi connectivity index (χ2v) is 6.43. The summed E-state index contributed by atoms with van der Waals surface area (Å²) in [4.78, 5) is 4.63. The summed E-state index contributed by atoms with van der Waals surface area (Å²) in [7, 11) is 0. The Hall–Kier alpha value is -2.90. The van der Waals surface area contributed by atoms with Crippen LogP contribution in [0.4, 0.5) is 0 Å². The van der Waals surface area contributed by atoms with E-state index >= 15 is 0 Å². The highest BCUT2D eigenvalue weighted by molar-refractivity contribution is 7.11. The topological polar surface area (TPSA) is 45.9 Å². The number of rotatable bonds is 5. The molecule has 1 aromatic heterocycles. The molecule has 0 N–H and O–H groups in total. The molecule has 0 atom stereocenters. The highest BCUT2D eigenvalue weighted by Crippen LogP contribution is 2.28. The maximum atomic E-state index is 9.50. The van der Waals surface area contributed by atoms with Gasteiger partial charge in [-0.3, -0.25) is 0 Å². The summed E-state index contributed by atoms with van der Waals surface area (Å²) < 4.78 is 5.46. The maximum absolute atomic E-state index is 9.50. The van der Waals surface area contributed by atoms with E-state index in [1.54, 1.807) is 0 Å². The van der Waals surface area contributed by atoms with E-state index in [0.29, 0.717) is 12.2 Å². The van der Waals surface area contributed by atoms with Gasteiger partial charge in [-0.15, -0.1) is 11.3 Å². The smallest absolute Gasteiger partial charge is 0.134 e. The summed E-state index contributed by atoms with van der Waals surface area (Å²) >= 11 is 1.48. The number of nitrogens with zero attached hydrogens (tertiary/aromatic N) is 2. The van der Waals surface area contributed by atoms with Gasteiger partial charge in [-0.05, 0) is 49.8 Å². The van der Waals surface area contributed by atoms with Crippen LogP contribution >= 0.6 is 11.3 Å². The lowest BCUT2D eigenvalue weighted by molar-refractivity contribution is 0.340. The fourth-order valence-electron chi connectivity index (χ4n) is 2.39. The number of thiazole rings is 1. The molecule has 1 heterocycles. The van der Waals surface area contributed by atoms with Crippen molar-refractivity contribution in [3.05, 3.63) is 70.0 Å². The van der Waals surface area contributed by atoms with Gasteiger partial charge in [-0.2, -0.15) is 5.26 Å². The first-order valence-electron chi connectivity index (χ1n) is 8.07. The fraction of sp³-hybridized carbons (Fsp3) is 0.143. The average Bonchev–Trinajstić information content (AvgIpc) is 3.12. The minimum absolute atomic E-state index is 0.575. The second kappa shape index (κ2) is 7.78. The summed E-state index contributed by atoms with van der Waals surface area (Å²) in [6.45, 7) is 4.66. The predicted molar refractivity (Wildman–Crippen MR) is 103 cm³/mol. The first-order valence-corrected chi connectivity index (χ1v) is 8.95. The van der Waals surface area contributed by atoms with Crippen LogP contribution in [0.2, 0.25) is 0 Å². The Morgan fingerprint density at radius 2 is 1.88 bits per heavy atom. The Labute approximate surface area is 151 Å². The Bertz CT molecular complexity index is 916. The van der Waals surface area contributed by atoms with E-state index in [0.717, 1.165) is 27.6 Å². The van der Waals surface area contributed by atoms with E-state index < -0.39 is 0 Å². The first kappa shape index (κ1) is 16.9. The summed E-state index contributed by atoms with van der Waals surface area (Å²) in [6, 6.07) is 18.2. The summed E-state index contributed by atoms with van der Waals surface area (Å²) in [6.07, 6.45) is 1.88. The van der Waals surface area contributed by atoms with Gasteiger partial charge in [-0.25, -0.2) is 4.98 Å². The van der Waals surface area contributed by atoms with Gasteiger partial charge in [0.25, 0.3) is 0 Å². The van der Waals surface area contributed by atoms with E-state index in [4.69, 9.17) is 4.74 Å². The lowest BCUT2D eigenvalue weighted by Gasteiger charge is -2.03. The van der Waals surface area contributed by atoms with Crippen LogP contribution in [0, 0.1) is 18.3 Å². The Kier molecular flexibility index (Phi) is 5.27. The Balaban J connectivity index is 1.86. The monoisotopic (exact) mass is 346 g/mol. The van der Waals surface area contributed by atoms with Crippen molar-refractivity contribution in [2.75, 3.05) is 6.61 Å². The summed E-state index contributed by atoms with van der Waals surface area (Å²) in [5.74, 6) is 0.846. The number of hydrogen-bond acceptors (Lipinski definition) is 4. The zero-order chi connectivity index (χ0) is 17.6. The van der Waals surface area contributed by atoms with Crippen molar-refractivity contribution in [1.82, 2.24) is 4.98 Å². The van der Waals surface area contributed by atoms with Crippen molar-refractivity contribution in [2.24, 2.45) is 0 Å². The van der Waals surface area contributed by atoms with Crippen molar-refractivity contribution in [3.8, 4) is 23.1 Å². The molecule has 0 bridgehead atoms. The minimum Gasteiger partial charge on any atom is -0.494 e. The Morgan fingerprint density at radius 3 is 2.52 bits per heavy atom. The van der Waals surface area contributed by atoms with Gasteiger partial charge >= 0.3 is 0 Å². The van der Waals surface area contributed by atoms with Crippen LogP contribution in [0.15, 0.2) is 53.9 Å². The lowest BCUT2D eigenvalue weighted by Crippen LogP contribution is -1.90. The van der Waals surface area contributed by atoms with Crippen molar-refractivity contribution in [2.45, 2.75) is 13.8 Å². The SMILES string of the molecule is CCOc1ccc(-c2csc(C(C#N)=Cc3ccc(C)cc3)n2)cc1. The number of aryl methyl sites for hydroxylation is 1. The third-order valence-electron chi connectivity index (χ3n) is 3.70. The van der Waals surface area contributed by atoms with Crippen LogP contribution in [0.25, 0.3) is 22.9 Å². The first-order chi connectivity index (χ1) is 12.2. The van der Waals surface area contributed by atoms with Crippen molar-refractivity contribution >= 4 is 23.0 Å². The molecule has 3 rings (SSSR count). The van der Waals surface area contributed by atoms with Gasteiger partial charge in [0.15, 0.2) is 0 Å². The van der Waals surface area contributed by atoms with Crippen LogP contribution < -0.4 is 4.74 Å². The van der Waals surface area contributed by atoms with Crippen LogP contribution in [-0.4, -0.2) is 11.6 Å². The normalized spacial score (nSPS) is 11.2. The van der Waals surface area contributed by atoms with E-state index in [2.05, 4.69) is 11.1 Å². The van der Waals surface area contributed by atoms with E-state index in [9.17, 15) is 5.26 Å². The number of hydrogen-bond donors (Lipinski definition) is 0. The predicted octanol–water partition coefficient (Wildman–Crippen LogP) is 5.58. The molecule has 0 aliphatic carbocycles. The Morgan fingerprint density at radius 1 is 1.16 bits per heavy atom. The fourth-order valence-corrected chi connectivity index (χ4v) is 3.18. The average molecular weight is 346 g/mol. The molecular weight excluding hydrogens is 328 g/mol.